The fraction of sp³-hybridized carbons (Fsp3) is 0.185. The number of rotatable bonds is 7. The average Bonchev–Trinajstić information content (AvgIpc) is 2.84. The molecule has 3 aromatic carbocycles. The third-order valence-electron chi connectivity index (χ3n) is 6.01. The minimum absolute atomic E-state index is 0.0920. The summed E-state index contributed by atoms with van der Waals surface area (Å²) in [5.41, 5.74) is 2.14. The molecule has 6 nitrogen and oxygen atoms in total. The Bertz CT molecular complexity index is 1460. The molecule has 0 fully saturated rings. The molecule has 0 aliphatic heterocycles. The Morgan fingerprint density at radius 3 is 2.43 bits per heavy atom. The molecule has 0 bridgehead atoms. The molecule has 0 amide bonds. The molecule has 180 valence electrons. The first kappa shape index (κ1) is 24.6. The molecule has 1 atom stereocenters. The summed E-state index contributed by atoms with van der Waals surface area (Å²) in [5.74, 6) is -0.794. The van der Waals surface area contributed by atoms with Gasteiger partial charge in [-0.05, 0) is 48.0 Å². The van der Waals surface area contributed by atoms with Gasteiger partial charge in [0.15, 0.2) is 5.78 Å². The first-order chi connectivity index (χ1) is 16.7. The van der Waals surface area contributed by atoms with Crippen LogP contribution < -0.4 is 15.8 Å². The number of para-hydroxylation sites is 1. The van der Waals surface area contributed by atoms with Gasteiger partial charge in [-0.1, -0.05) is 47.5 Å². The lowest BCUT2D eigenvalue weighted by molar-refractivity contribution is 0.0972. The first-order valence-electron chi connectivity index (χ1n) is 11.0. The van der Waals surface area contributed by atoms with E-state index in [1.54, 1.807) is 49.5 Å². The van der Waals surface area contributed by atoms with Gasteiger partial charge < -0.3 is 19.9 Å². The smallest absolute Gasteiger partial charge is 0.265 e. The van der Waals surface area contributed by atoms with Gasteiger partial charge in [-0.2, -0.15) is 0 Å². The summed E-state index contributed by atoms with van der Waals surface area (Å²) in [6, 6.07) is 19.1. The third kappa shape index (κ3) is 4.99. The number of nitrogens with zero attached hydrogens (tertiary/aromatic N) is 2. The van der Waals surface area contributed by atoms with Gasteiger partial charge in [-0.15, -0.1) is 0 Å². The Balaban J connectivity index is 1.76. The molecular weight excluding hydrogens is 485 g/mol. The number of hydrogen-bond donors (Lipinski definition) is 2. The van der Waals surface area contributed by atoms with Gasteiger partial charge in [-0.25, -0.2) is 0 Å². The topological polar surface area (TPSA) is 74.6 Å². The molecule has 4 aromatic rings. The largest absolute Gasteiger partial charge is 0.506 e. The number of hydrogen-bond acceptors (Lipinski definition) is 5. The van der Waals surface area contributed by atoms with Gasteiger partial charge in [-0.3, -0.25) is 9.59 Å². The lowest BCUT2D eigenvalue weighted by atomic mass is 9.96. The molecule has 0 radical (unpaired) electrons. The summed E-state index contributed by atoms with van der Waals surface area (Å²) in [6.07, 6.45) is -0.0920. The van der Waals surface area contributed by atoms with Crippen molar-refractivity contribution in [2.24, 2.45) is 7.05 Å². The highest BCUT2D eigenvalue weighted by Crippen LogP contribution is 2.33. The minimum atomic E-state index is -0.548. The van der Waals surface area contributed by atoms with Gasteiger partial charge in [0, 0.05) is 43.7 Å². The molecule has 8 heteroatoms. The van der Waals surface area contributed by atoms with E-state index in [1.807, 2.05) is 43.3 Å². The molecule has 0 aliphatic carbocycles. The number of Topliss-reactive ketones (excluding diaryl/α,β-unsaturated/α-hetero) is 1. The van der Waals surface area contributed by atoms with Crippen molar-refractivity contribution in [3.05, 3.63) is 98.3 Å². The standard InChI is InChI=1S/C27H25Cl2N3O3/c1-31(2)18-11-8-16(9-12-18)21(30-22-14-17(28)10-13-20(22)29)15-24(33)25-26(34)19-6-4-5-7-23(19)32(3)27(25)35/h4-14,21,30,34H,15H2,1-3H3/t21-/m0/s1. The lowest BCUT2D eigenvalue weighted by Crippen LogP contribution is -2.27. The van der Waals surface area contributed by atoms with Gasteiger partial charge in [0.2, 0.25) is 0 Å². The highest BCUT2D eigenvalue weighted by atomic mass is 35.5. The van der Waals surface area contributed by atoms with Crippen molar-refractivity contribution >= 4 is 51.3 Å². The zero-order valence-electron chi connectivity index (χ0n) is 19.5. The van der Waals surface area contributed by atoms with Crippen LogP contribution in [0.3, 0.4) is 0 Å². The first-order valence-corrected chi connectivity index (χ1v) is 11.8. The van der Waals surface area contributed by atoms with E-state index in [4.69, 9.17) is 23.2 Å². The van der Waals surface area contributed by atoms with Crippen molar-refractivity contribution < 1.29 is 9.90 Å². The van der Waals surface area contributed by atoms with Crippen molar-refractivity contribution in [2.75, 3.05) is 24.3 Å². The van der Waals surface area contributed by atoms with Crippen LogP contribution in [0.15, 0.2) is 71.5 Å². The Kier molecular flexibility index (Phi) is 7.05. The number of halogens is 2. The van der Waals surface area contributed by atoms with Crippen LogP contribution in [0.5, 0.6) is 5.75 Å². The fourth-order valence-electron chi connectivity index (χ4n) is 4.07. The van der Waals surface area contributed by atoms with Crippen LogP contribution in [0.2, 0.25) is 10.0 Å². The number of benzene rings is 3. The fourth-order valence-corrected chi connectivity index (χ4v) is 4.42. The summed E-state index contributed by atoms with van der Waals surface area (Å²) in [4.78, 5) is 28.5. The highest BCUT2D eigenvalue weighted by Gasteiger charge is 2.25. The second-order valence-electron chi connectivity index (χ2n) is 8.54. The second-order valence-corrected chi connectivity index (χ2v) is 9.38. The van der Waals surface area contributed by atoms with E-state index >= 15 is 0 Å². The molecule has 0 aliphatic rings. The van der Waals surface area contributed by atoms with Crippen molar-refractivity contribution in [3.8, 4) is 5.75 Å². The molecule has 35 heavy (non-hydrogen) atoms. The molecule has 2 N–H and O–H groups in total. The molecule has 1 aromatic heterocycles. The van der Waals surface area contributed by atoms with Crippen molar-refractivity contribution in [3.63, 3.8) is 0 Å². The molecule has 0 spiro atoms. The highest BCUT2D eigenvalue weighted by molar-refractivity contribution is 6.35. The van der Waals surface area contributed by atoms with Gasteiger partial charge in [0.05, 0.1) is 22.3 Å². The maximum Gasteiger partial charge on any atom is 0.265 e. The number of pyridine rings is 1. The predicted molar refractivity (Wildman–Crippen MR) is 143 cm³/mol. The molecule has 0 saturated carbocycles. The van der Waals surface area contributed by atoms with E-state index in [0.29, 0.717) is 26.6 Å². The Morgan fingerprint density at radius 2 is 1.74 bits per heavy atom. The van der Waals surface area contributed by atoms with Crippen LogP contribution in [0, 0.1) is 0 Å². The lowest BCUT2D eigenvalue weighted by Gasteiger charge is -2.22. The molecule has 0 unspecified atom stereocenters. The average molecular weight is 510 g/mol. The van der Waals surface area contributed by atoms with E-state index in [1.165, 1.54) is 4.57 Å². The number of fused-ring (bicyclic) bond motifs is 1. The Morgan fingerprint density at radius 1 is 1.06 bits per heavy atom. The zero-order chi connectivity index (χ0) is 25.3. The molecular formula is C27H25Cl2N3O3. The summed E-state index contributed by atoms with van der Waals surface area (Å²) >= 11 is 12.5. The van der Waals surface area contributed by atoms with Crippen LogP contribution in [-0.4, -0.2) is 29.6 Å². The van der Waals surface area contributed by atoms with E-state index in [2.05, 4.69) is 5.32 Å². The van der Waals surface area contributed by atoms with Crippen LogP contribution in [-0.2, 0) is 7.05 Å². The van der Waals surface area contributed by atoms with Gasteiger partial charge in [0.1, 0.15) is 11.3 Å². The van der Waals surface area contributed by atoms with Gasteiger partial charge >= 0.3 is 0 Å². The summed E-state index contributed by atoms with van der Waals surface area (Å²) < 4.78 is 1.38. The number of carbonyl (C=O) groups is 1. The number of aromatic hydroxyl groups is 1. The molecule has 0 saturated heterocycles. The van der Waals surface area contributed by atoms with E-state index in [9.17, 15) is 14.7 Å². The van der Waals surface area contributed by atoms with Crippen LogP contribution >= 0.6 is 23.2 Å². The van der Waals surface area contributed by atoms with Crippen LogP contribution in [0.25, 0.3) is 10.9 Å². The van der Waals surface area contributed by atoms with Crippen molar-refractivity contribution in [2.45, 2.75) is 12.5 Å². The molecule has 1 heterocycles. The summed E-state index contributed by atoms with van der Waals surface area (Å²) in [7, 11) is 5.47. The van der Waals surface area contributed by atoms with E-state index < -0.39 is 17.4 Å². The van der Waals surface area contributed by atoms with E-state index in [-0.39, 0.29) is 17.7 Å². The number of aromatic nitrogens is 1. The van der Waals surface area contributed by atoms with Crippen LogP contribution in [0.1, 0.15) is 28.4 Å². The number of ketones is 1. The van der Waals surface area contributed by atoms with E-state index in [0.717, 1.165) is 11.3 Å². The zero-order valence-corrected chi connectivity index (χ0v) is 21.1. The minimum Gasteiger partial charge on any atom is -0.506 e. The van der Waals surface area contributed by atoms with Gasteiger partial charge in [0.25, 0.3) is 5.56 Å². The predicted octanol–water partition coefficient (Wildman–Crippen LogP) is 6.04. The monoisotopic (exact) mass is 509 g/mol. The number of nitrogens with one attached hydrogen (secondary N) is 1. The van der Waals surface area contributed by atoms with Crippen LogP contribution in [0.4, 0.5) is 11.4 Å². The quantitative estimate of drug-likeness (QED) is 0.297. The van der Waals surface area contributed by atoms with Crippen molar-refractivity contribution in [1.82, 2.24) is 4.57 Å². The summed E-state index contributed by atoms with van der Waals surface area (Å²) in [5, 5.41) is 15.6. The number of carbonyl (C=O) groups excluding carboxylic acids is 1. The second kappa shape index (κ2) is 10.0. The number of aryl methyl sites for hydroxylation is 1. The Hall–Kier alpha value is -3.48. The Labute approximate surface area is 213 Å². The molecule has 4 rings (SSSR count). The van der Waals surface area contributed by atoms with Crippen molar-refractivity contribution in [1.29, 1.82) is 0 Å². The third-order valence-corrected chi connectivity index (χ3v) is 6.58. The maximum absolute atomic E-state index is 13.5. The maximum atomic E-state index is 13.5. The number of anilines is 2. The normalized spacial score (nSPS) is 11.9. The summed E-state index contributed by atoms with van der Waals surface area (Å²) in [6.45, 7) is 0. The SMILES string of the molecule is CN(C)c1ccc([C@H](CC(=O)c2c(O)c3ccccc3n(C)c2=O)Nc2cc(Cl)ccc2Cl)cc1.